The van der Waals surface area contributed by atoms with E-state index >= 15 is 0 Å². The summed E-state index contributed by atoms with van der Waals surface area (Å²) in [5.74, 6) is 0.0442. The van der Waals surface area contributed by atoms with Crippen LogP contribution in [0, 0.1) is 12.7 Å². The molecule has 134 valence electrons. The number of hydrogen-bond donors (Lipinski definition) is 1. The summed E-state index contributed by atoms with van der Waals surface area (Å²) in [4.78, 5) is 12.4. The molecule has 0 unspecified atom stereocenters. The highest BCUT2D eigenvalue weighted by Crippen LogP contribution is 2.23. The lowest BCUT2D eigenvalue weighted by atomic mass is 10.2. The first kappa shape index (κ1) is 17.9. The normalized spacial score (nSPS) is 10.6. The van der Waals surface area contributed by atoms with Crippen molar-refractivity contribution in [1.82, 2.24) is 15.1 Å². The lowest BCUT2D eigenvalue weighted by Crippen LogP contribution is -2.28. The number of ether oxygens (including phenoxy) is 1. The number of hydrogen-bond acceptors (Lipinski definition) is 3. The maximum absolute atomic E-state index is 13.1. The van der Waals surface area contributed by atoms with Gasteiger partial charge >= 0.3 is 0 Å². The number of para-hydroxylation sites is 1. The van der Waals surface area contributed by atoms with Gasteiger partial charge in [0.25, 0.3) is 5.91 Å². The van der Waals surface area contributed by atoms with Crippen molar-refractivity contribution >= 4 is 17.5 Å². The van der Waals surface area contributed by atoms with Crippen molar-refractivity contribution in [3.05, 3.63) is 76.8 Å². The van der Waals surface area contributed by atoms with Gasteiger partial charge in [-0.2, -0.15) is 5.10 Å². The minimum absolute atomic E-state index is 0.176. The zero-order valence-corrected chi connectivity index (χ0v) is 14.8. The van der Waals surface area contributed by atoms with Crippen LogP contribution in [-0.2, 0) is 0 Å². The minimum atomic E-state index is -0.356. The van der Waals surface area contributed by atoms with Gasteiger partial charge in [0, 0.05) is 0 Å². The second-order valence-electron chi connectivity index (χ2n) is 5.56. The number of carbonyl (C=O) groups excluding carboxylic acids is 1. The molecule has 3 rings (SSSR count). The first-order chi connectivity index (χ1) is 12.6. The van der Waals surface area contributed by atoms with E-state index in [0.717, 1.165) is 5.75 Å². The third kappa shape index (κ3) is 4.03. The zero-order chi connectivity index (χ0) is 18.5. The van der Waals surface area contributed by atoms with Crippen LogP contribution < -0.4 is 10.1 Å². The second kappa shape index (κ2) is 8.01. The number of carbonyl (C=O) groups is 1. The molecule has 0 aliphatic rings. The van der Waals surface area contributed by atoms with Gasteiger partial charge in [-0.3, -0.25) is 4.79 Å². The molecule has 0 atom stereocenters. The van der Waals surface area contributed by atoms with Crippen LogP contribution in [0.1, 0.15) is 16.1 Å². The molecule has 0 aliphatic heterocycles. The van der Waals surface area contributed by atoms with Crippen LogP contribution in [0.4, 0.5) is 4.39 Å². The smallest absolute Gasteiger partial charge is 0.256 e. The number of nitrogens with zero attached hydrogens (tertiary/aromatic N) is 2. The Kier molecular flexibility index (Phi) is 5.53. The molecular weight excluding hydrogens is 357 g/mol. The number of halogens is 2. The molecule has 2 aromatic carbocycles. The standard InChI is InChI=1S/C19H17ClFN3O2/c1-13-17(18(20)24(23-13)15-9-7-14(21)8-10-15)19(25)22-11-12-26-16-5-3-2-4-6-16/h2-10H,11-12H2,1H3,(H,22,25). The number of nitrogens with one attached hydrogen (secondary N) is 1. The molecule has 0 radical (unpaired) electrons. The second-order valence-corrected chi connectivity index (χ2v) is 5.91. The van der Waals surface area contributed by atoms with E-state index in [4.69, 9.17) is 16.3 Å². The van der Waals surface area contributed by atoms with Crippen LogP contribution in [0.3, 0.4) is 0 Å². The molecule has 3 aromatic rings. The Labute approximate surface area is 155 Å². The summed E-state index contributed by atoms with van der Waals surface area (Å²) < 4.78 is 20.0. The zero-order valence-electron chi connectivity index (χ0n) is 14.1. The van der Waals surface area contributed by atoms with Crippen molar-refractivity contribution in [2.75, 3.05) is 13.2 Å². The van der Waals surface area contributed by atoms with Crippen molar-refractivity contribution in [3.8, 4) is 11.4 Å². The molecule has 0 aliphatic carbocycles. The molecule has 1 aromatic heterocycles. The predicted octanol–water partition coefficient (Wildman–Crippen LogP) is 3.78. The van der Waals surface area contributed by atoms with E-state index in [-0.39, 0.29) is 22.4 Å². The Balaban J connectivity index is 1.65. The maximum Gasteiger partial charge on any atom is 0.256 e. The van der Waals surface area contributed by atoms with Gasteiger partial charge in [0.1, 0.15) is 23.3 Å². The number of rotatable bonds is 6. The lowest BCUT2D eigenvalue weighted by Gasteiger charge is -2.08. The third-order valence-corrected chi connectivity index (χ3v) is 4.05. The molecule has 0 spiro atoms. The highest BCUT2D eigenvalue weighted by atomic mass is 35.5. The van der Waals surface area contributed by atoms with E-state index in [1.54, 1.807) is 19.1 Å². The average Bonchev–Trinajstić information content (AvgIpc) is 2.94. The topological polar surface area (TPSA) is 56.2 Å². The van der Waals surface area contributed by atoms with Gasteiger partial charge in [0.2, 0.25) is 0 Å². The molecular formula is C19H17ClFN3O2. The molecule has 0 saturated heterocycles. The molecule has 0 saturated carbocycles. The van der Waals surface area contributed by atoms with Crippen molar-refractivity contribution in [2.45, 2.75) is 6.92 Å². The predicted molar refractivity (Wildman–Crippen MR) is 97.5 cm³/mol. The van der Waals surface area contributed by atoms with Crippen LogP contribution in [-0.4, -0.2) is 28.8 Å². The van der Waals surface area contributed by atoms with Crippen LogP contribution in [0.25, 0.3) is 5.69 Å². The van der Waals surface area contributed by atoms with Crippen LogP contribution in [0.15, 0.2) is 54.6 Å². The van der Waals surface area contributed by atoms with E-state index in [1.165, 1.54) is 16.8 Å². The fourth-order valence-electron chi connectivity index (χ4n) is 2.45. The summed E-state index contributed by atoms with van der Waals surface area (Å²) in [6, 6.07) is 15.0. The van der Waals surface area contributed by atoms with Gasteiger partial charge in [-0.05, 0) is 43.3 Å². The molecule has 1 amide bonds. The summed E-state index contributed by atoms with van der Waals surface area (Å²) in [7, 11) is 0. The van der Waals surface area contributed by atoms with Crippen LogP contribution >= 0.6 is 11.6 Å². The largest absolute Gasteiger partial charge is 0.492 e. The number of amides is 1. The molecule has 1 N–H and O–H groups in total. The first-order valence-electron chi connectivity index (χ1n) is 8.03. The molecule has 0 bridgehead atoms. The van der Waals surface area contributed by atoms with Gasteiger partial charge in [-0.25, -0.2) is 9.07 Å². The number of aromatic nitrogens is 2. The van der Waals surface area contributed by atoms with Crippen molar-refractivity contribution < 1.29 is 13.9 Å². The number of aryl methyl sites for hydroxylation is 1. The minimum Gasteiger partial charge on any atom is -0.492 e. The SMILES string of the molecule is Cc1nn(-c2ccc(F)cc2)c(Cl)c1C(=O)NCCOc1ccccc1. The molecule has 7 heteroatoms. The Morgan fingerprint density at radius 2 is 1.88 bits per heavy atom. The Morgan fingerprint density at radius 1 is 1.19 bits per heavy atom. The van der Waals surface area contributed by atoms with Crippen molar-refractivity contribution in [3.63, 3.8) is 0 Å². The third-order valence-electron chi connectivity index (χ3n) is 3.70. The summed E-state index contributed by atoms with van der Waals surface area (Å²) in [6.45, 7) is 2.35. The van der Waals surface area contributed by atoms with Gasteiger partial charge in [0.05, 0.1) is 23.5 Å². The lowest BCUT2D eigenvalue weighted by molar-refractivity contribution is 0.0946. The van der Waals surface area contributed by atoms with Gasteiger partial charge in [0.15, 0.2) is 0 Å². The monoisotopic (exact) mass is 373 g/mol. The fraction of sp³-hybridized carbons (Fsp3) is 0.158. The summed E-state index contributed by atoms with van der Waals surface area (Å²) in [5, 5.41) is 7.22. The molecule has 26 heavy (non-hydrogen) atoms. The summed E-state index contributed by atoms with van der Waals surface area (Å²) in [6.07, 6.45) is 0. The van der Waals surface area contributed by atoms with E-state index in [1.807, 2.05) is 30.3 Å². The van der Waals surface area contributed by atoms with E-state index in [0.29, 0.717) is 24.5 Å². The van der Waals surface area contributed by atoms with Crippen LogP contribution in [0.5, 0.6) is 5.75 Å². The highest BCUT2D eigenvalue weighted by Gasteiger charge is 2.20. The molecule has 1 heterocycles. The average molecular weight is 374 g/mol. The van der Waals surface area contributed by atoms with Crippen molar-refractivity contribution in [1.29, 1.82) is 0 Å². The van der Waals surface area contributed by atoms with Gasteiger partial charge in [-0.1, -0.05) is 29.8 Å². The van der Waals surface area contributed by atoms with E-state index in [2.05, 4.69) is 10.4 Å². The molecule has 0 fully saturated rings. The Bertz CT molecular complexity index is 895. The van der Waals surface area contributed by atoms with E-state index < -0.39 is 0 Å². The Morgan fingerprint density at radius 3 is 2.58 bits per heavy atom. The maximum atomic E-state index is 13.1. The van der Waals surface area contributed by atoms with Crippen molar-refractivity contribution in [2.24, 2.45) is 0 Å². The Hall–Kier alpha value is -2.86. The summed E-state index contributed by atoms with van der Waals surface area (Å²) in [5.41, 5.74) is 1.35. The summed E-state index contributed by atoms with van der Waals surface area (Å²) >= 11 is 6.32. The van der Waals surface area contributed by atoms with E-state index in [9.17, 15) is 9.18 Å². The van der Waals surface area contributed by atoms with Crippen LogP contribution in [0.2, 0.25) is 5.15 Å². The quantitative estimate of drug-likeness (QED) is 0.669. The highest BCUT2D eigenvalue weighted by molar-refractivity contribution is 6.33. The molecule has 5 nitrogen and oxygen atoms in total. The first-order valence-corrected chi connectivity index (χ1v) is 8.41. The number of benzene rings is 2. The van der Waals surface area contributed by atoms with Gasteiger partial charge in [-0.15, -0.1) is 0 Å². The fourth-order valence-corrected chi connectivity index (χ4v) is 2.81. The van der Waals surface area contributed by atoms with Gasteiger partial charge < -0.3 is 10.1 Å².